The van der Waals surface area contributed by atoms with E-state index in [4.69, 9.17) is 13.9 Å². The van der Waals surface area contributed by atoms with Crippen LogP contribution in [-0.4, -0.2) is 30.3 Å². The highest BCUT2D eigenvalue weighted by molar-refractivity contribution is 7.99. The second kappa shape index (κ2) is 8.01. The zero-order valence-electron chi connectivity index (χ0n) is 18.0. The standard InChI is InChI=1S/C22H30NO3SSi/c1-22(2,3)21(26-28(7)8)19-17(25-6)12-11-16-20(19)27-18-13-14(24-5)9-10-15(18)23(16)4/h9-12,21,28H,1-8H3. The average Bonchev–Trinajstić information content (AvgIpc) is 2.64. The molecule has 1 atom stereocenters. The Hall–Kier alpha value is -1.63. The molecule has 0 aliphatic carbocycles. The molecule has 6 heteroatoms. The molecular weight excluding hydrogens is 386 g/mol. The Bertz CT molecular complexity index is 864. The number of benzene rings is 2. The van der Waals surface area contributed by atoms with E-state index in [1.54, 1.807) is 26.0 Å². The Kier molecular flexibility index (Phi) is 6.03. The number of methoxy groups -OCH3 is 2. The Labute approximate surface area is 174 Å². The molecule has 0 saturated carbocycles. The average molecular weight is 417 g/mol. The summed E-state index contributed by atoms with van der Waals surface area (Å²) in [6, 6.07) is 11.6. The fraction of sp³-hybridized carbons (Fsp3) is 0.455. The number of anilines is 2. The van der Waals surface area contributed by atoms with Gasteiger partial charge in [0.15, 0.2) is 9.04 Å². The minimum atomic E-state index is -1.27. The van der Waals surface area contributed by atoms with Gasteiger partial charge in [-0.3, -0.25) is 0 Å². The summed E-state index contributed by atoms with van der Waals surface area (Å²) in [5.41, 5.74) is 3.36. The van der Waals surface area contributed by atoms with Crippen LogP contribution < -0.4 is 14.4 Å². The summed E-state index contributed by atoms with van der Waals surface area (Å²) < 4.78 is 17.8. The molecule has 3 rings (SSSR count). The molecule has 1 heterocycles. The van der Waals surface area contributed by atoms with Crippen molar-refractivity contribution in [3.05, 3.63) is 35.9 Å². The fourth-order valence-corrected chi connectivity index (χ4v) is 5.87. The highest BCUT2D eigenvalue weighted by Gasteiger charge is 2.36. The lowest BCUT2D eigenvalue weighted by molar-refractivity contribution is 0.0817. The van der Waals surface area contributed by atoms with Crippen LogP contribution in [-0.2, 0) is 4.43 Å². The molecule has 2 aromatic carbocycles. The van der Waals surface area contributed by atoms with Crippen LogP contribution >= 0.6 is 11.8 Å². The van der Waals surface area contributed by atoms with Gasteiger partial charge in [0.25, 0.3) is 0 Å². The van der Waals surface area contributed by atoms with E-state index in [-0.39, 0.29) is 11.5 Å². The second-order valence-electron chi connectivity index (χ2n) is 8.36. The van der Waals surface area contributed by atoms with E-state index < -0.39 is 9.04 Å². The van der Waals surface area contributed by atoms with Crippen LogP contribution in [0.3, 0.4) is 0 Å². The van der Waals surface area contributed by atoms with Crippen LogP contribution in [0, 0.1) is 11.5 Å². The predicted octanol–water partition coefficient (Wildman–Crippen LogP) is 5.82. The van der Waals surface area contributed by atoms with Gasteiger partial charge in [0.1, 0.15) is 11.5 Å². The van der Waals surface area contributed by atoms with Gasteiger partial charge in [-0.2, -0.15) is 0 Å². The summed E-state index contributed by atoms with van der Waals surface area (Å²) in [4.78, 5) is 4.44. The van der Waals surface area contributed by atoms with Gasteiger partial charge in [0, 0.05) is 28.5 Å². The van der Waals surface area contributed by atoms with E-state index in [0.717, 1.165) is 33.3 Å². The summed E-state index contributed by atoms with van der Waals surface area (Å²) in [5, 5.41) is 0. The molecule has 4 nitrogen and oxygen atoms in total. The molecule has 0 saturated heterocycles. The van der Waals surface area contributed by atoms with Crippen molar-refractivity contribution in [2.45, 2.75) is 49.8 Å². The van der Waals surface area contributed by atoms with Gasteiger partial charge >= 0.3 is 0 Å². The third kappa shape index (κ3) is 3.91. The van der Waals surface area contributed by atoms with E-state index in [0.29, 0.717) is 0 Å². The minimum Gasteiger partial charge on any atom is -0.496 e. The second-order valence-corrected chi connectivity index (χ2v) is 11.8. The lowest BCUT2D eigenvalue weighted by Gasteiger charge is -2.38. The third-order valence-electron chi connectivity index (χ3n) is 4.82. The zero-order chi connectivity index (χ0) is 20.6. The first-order valence-electron chi connectivity index (χ1n) is 9.55. The molecule has 0 amide bonds. The number of nitrogens with zero attached hydrogens (tertiary/aromatic N) is 1. The fourth-order valence-electron chi connectivity index (χ4n) is 3.49. The summed E-state index contributed by atoms with van der Waals surface area (Å²) >= 11 is 1.72. The van der Waals surface area contributed by atoms with Crippen molar-refractivity contribution >= 4 is 32.2 Å². The quantitative estimate of drug-likeness (QED) is 0.573. The molecule has 0 fully saturated rings. The third-order valence-corrected chi connectivity index (χ3v) is 6.79. The molecule has 1 aliphatic heterocycles. The van der Waals surface area contributed by atoms with Gasteiger partial charge in [0.2, 0.25) is 0 Å². The summed E-state index contributed by atoms with van der Waals surface area (Å²) in [7, 11) is 4.23. The molecule has 0 N–H and O–H groups in total. The van der Waals surface area contributed by atoms with Crippen molar-refractivity contribution in [2.75, 3.05) is 26.2 Å². The van der Waals surface area contributed by atoms with Crippen LogP contribution in [0.25, 0.3) is 0 Å². The highest BCUT2D eigenvalue weighted by Crippen LogP contribution is 2.55. The molecule has 28 heavy (non-hydrogen) atoms. The van der Waals surface area contributed by atoms with Crippen molar-refractivity contribution in [1.82, 2.24) is 0 Å². The van der Waals surface area contributed by atoms with Gasteiger partial charge in [-0.15, -0.1) is 0 Å². The van der Waals surface area contributed by atoms with Crippen LogP contribution in [0.2, 0.25) is 13.1 Å². The van der Waals surface area contributed by atoms with Gasteiger partial charge in [-0.25, -0.2) is 0 Å². The largest absolute Gasteiger partial charge is 0.496 e. The van der Waals surface area contributed by atoms with Crippen LogP contribution in [0.4, 0.5) is 11.4 Å². The maximum atomic E-state index is 6.57. The topological polar surface area (TPSA) is 30.9 Å². The molecule has 0 spiro atoms. The minimum absolute atomic E-state index is 0.0443. The Balaban J connectivity index is 2.21. The number of ether oxygens (including phenoxy) is 2. The smallest absolute Gasteiger partial charge is 0.171 e. The Morgan fingerprint density at radius 3 is 2.29 bits per heavy atom. The molecule has 151 valence electrons. The Morgan fingerprint density at radius 1 is 1.04 bits per heavy atom. The first kappa shape index (κ1) is 21.1. The van der Waals surface area contributed by atoms with Gasteiger partial charge in [0.05, 0.1) is 31.7 Å². The first-order chi connectivity index (χ1) is 13.2. The van der Waals surface area contributed by atoms with Crippen molar-refractivity contribution in [2.24, 2.45) is 5.41 Å². The molecule has 1 radical (unpaired) electrons. The summed E-state index contributed by atoms with van der Waals surface area (Å²) in [6.07, 6.45) is -0.0443. The number of hydrogen-bond donors (Lipinski definition) is 0. The van der Waals surface area contributed by atoms with Crippen LogP contribution in [0.5, 0.6) is 11.5 Å². The monoisotopic (exact) mass is 416 g/mol. The molecule has 2 aromatic rings. The number of rotatable bonds is 5. The number of fused-ring (bicyclic) bond motifs is 2. The first-order valence-corrected chi connectivity index (χ1v) is 13.1. The van der Waals surface area contributed by atoms with E-state index in [1.807, 2.05) is 6.07 Å². The molecule has 1 aliphatic rings. The molecular formula is C22H30NO3SSi. The number of hydrogen-bond acceptors (Lipinski definition) is 5. The summed E-state index contributed by atoms with van der Waals surface area (Å²) in [5.74, 6) is 1.62. The van der Waals surface area contributed by atoms with Crippen molar-refractivity contribution in [3.63, 3.8) is 0 Å². The lowest BCUT2D eigenvalue weighted by atomic mass is 9.84. The zero-order valence-corrected chi connectivity index (χ0v) is 20.0. The normalized spacial score (nSPS) is 14.5. The maximum absolute atomic E-state index is 6.57. The van der Waals surface area contributed by atoms with Gasteiger partial charge in [-0.05, 0) is 42.8 Å². The van der Waals surface area contributed by atoms with E-state index >= 15 is 0 Å². The van der Waals surface area contributed by atoms with Crippen molar-refractivity contribution in [3.8, 4) is 11.5 Å². The summed E-state index contributed by atoms with van der Waals surface area (Å²) in [6.45, 7) is 11.1. The van der Waals surface area contributed by atoms with Gasteiger partial charge in [-0.1, -0.05) is 32.5 Å². The van der Waals surface area contributed by atoms with Crippen LogP contribution in [0.15, 0.2) is 34.1 Å². The predicted molar refractivity (Wildman–Crippen MR) is 119 cm³/mol. The van der Waals surface area contributed by atoms with Crippen molar-refractivity contribution < 1.29 is 13.9 Å². The molecule has 0 bridgehead atoms. The SMILES string of the molecule is COc1[c]c2c(cc1)N(C)c1ccc(OC)c(C(O[SiH](C)C)C(C)(C)C)c1S2. The highest BCUT2D eigenvalue weighted by atomic mass is 32.2. The van der Waals surface area contributed by atoms with E-state index in [2.05, 4.69) is 70.1 Å². The molecule has 0 aromatic heterocycles. The lowest BCUT2D eigenvalue weighted by Crippen LogP contribution is -2.28. The van der Waals surface area contributed by atoms with Gasteiger partial charge < -0.3 is 18.8 Å². The molecule has 1 unspecified atom stereocenters. The van der Waals surface area contributed by atoms with E-state index in [1.165, 1.54) is 4.90 Å². The van der Waals surface area contributed by atoms with E-state index in [9.17, 15) is 0 Å². The Morgan fingerprint density at radius 2 is 1.71 bits per heavy atom. The van der Waals surface area contributed by atoms with Crippen molar-refractivity contribution in [1.29, 1.82) is 0 Å². The van der Waals surface area contributed by atoms with Crippen LogP contribution in [0.1, 0.15) is 32.4 Å². The maximum Gasteiger partial charge on any atom is 0.171 e.